The first-order valence-corrected chi connectivity index (χ1v) is 43.1. The molecule has 2 fully saturated rings. The molecule has 0 aliphatic carbocycles. The molecule has 0 aromatic carbocycles. The van der Waals surface area contributed by atoms with E-state index in [0.717, 1.165) is 32.1 Å². The fraction of sp³-hybridized carbons (Fsp3) is 0.941. The molecule has 14 heteroatoms. The molecule has 586 valence electrons. The number of unbranched alkanes of at least 4 members (excludes halogenated alkanes) is 59. The number of carbonyl (C=O) groups is 1. The molecular formula is C85H163NO13. The van der Waals surface area contributed by atoms with Crippen LogP contribution in [0.3, 0.4) is 0 Å². The van der Waals surface area contributed by atoms with Crippen LogP contribution in [-0.2, 0) is 23.7 Å². The topological polar surface area (TPSA) is 228 Å². The zero-order chi connectivity index (χ0) is 71.5. The normalized spacial score (nSPS) is 22.0. The van der Waals surface area contributed by atoms with E-state index in [-0.39, 0.29) is 18.9 Å². The summed E-state index contributed by atoms with van der Waals surface area (Å²) >= 11 is 0. The summed E-state index contributed by atoms with van der Waals surface area (Å²) in [5, 5.41) is 87.7. The molecule has 2 rings (SSSR count). The van der Waals surface area contributed by atoms with Crippen LogP contribution >= 0.6 is 0 Å². The van der Waals surface area contributed by atoms with Gasteiger partial charge in [0.15, 0.2) is 12.6 Å². The number of rotatable bonds is 74. The molecule has 2 aliphatic rings. The quantitative estimate of drug-likeness (QED) is 0.0204. The van der Waals surface area contributed by atoms with Crippen LogP contribution in [0.1, 0.15) is 418 Å². The van der Waals surface area contributed by atoms with Crippen molar-refractivity contribution in [1.29, 1.82) is 0 Å². The zero-order valence-electron chi connectivity index (χ0n) is 64.5. The summed E-state index contributed by atoms with van der Waals surface area (Å²) in [4.78, 5) is 13.4. The molecular weight excluding hydrogens is 1240 g/mol. The van der Waals surface area contributed by atoms with E-state index < -0.39 is 86.8 Å². The van der Waals surface area contributed by atoms with Gasteiger partial charge in [0.25, 0.3) is 0 Å². The average molecular weight is 1410 g/mol. The number of hydrogen-bond acceptors (Lipinski definition) is 13. The molecule has 12 atom stereocenters. The molecule has 0 saturated carbocycles. The van der Waals surface area contributed by atoms with E-state index in [4.69, 9.17) is 18.9 Å². The Morgan fingerprint density at radius 1 is 0.354 bits per heavy atom. The highest BCUT2D eigenvalue weighted by Crippen LogP contribution is 2.31. The molecule has 0 aromatic rings. The predicted octanol–water partition coefficient (Wildman–Crippen LogP) is 20.2. The van der Waals surface area contributed by atoms with Gasteiger partial charge in [-0.05, 0) is 32.1 Å². The van der Waals surface area contributed by atoms with Gasteiger partial charge >= 0.3 is 0 Å². The van der Waals surface area contributed by atoms with E-state index >= 15 is 0 Å². The van der Waals surface area contributed by atoms with Crippen molar-refractivity contribution >= 4 is 5.91 Å². The third-order valence-corrected chi connectivity index (χ3v) is 21.4. The van der Waals surface area contributed by atoms with Gasteiger partial charge in [-0.1, -0.05) is 404 Å². The van der Waals surface area contributed by atoms with Crippen molar-refractivity contribution in [3.63, 3.8) is 0 Å². The molecule has 0 radical (unpaired) electrons. The lowest BCUT2D eigenvalue weighted by atomic mass is 9.97. The lowest BCUT2D eigenvalue weighted by Gasteiger charge is -2.46. The summed E-state index contributed by atoms with van der Waals surface area (Å²) in [5.41, 5.74) is 0. The lowest BCUT2D eigenvalue weighted by molar-refractivity contribution is -0.359. The van der Waals surface area contributed by atoms with Crippen molar-refractivity contribution in [2.45, 2.75) is 492 Å². The highest BCUT2D eigenvalue weighted by Gasteiger charge is 2.51. The van der Waals surface area contributed by atoms with Crippen molar-refractivity contribution in [3.8, 4) is 0 Å². The largest absolute Gasteiger partial charge is 0.394 e. The minimum atomic E-state index is -1.79. The van der Waals surface area contributed by atoms with Crippen LogP contribution in [0.25, 0.3) is 0 Å². The Balaban J connectivity index is 1.59. The minimum Gasteiger partial charge on any atom is -0.394 e. The summed E-state index contributed by atoms with van der Waals surface area (Å²) < 4.78 is 22.9. The van der Waals surface area contributed by atoms with Crippen LogP contribution in [0.5, 0.6) is 0 Å². The summed E-state index contributed by atoms with van der Waals surface area (Å²) in [7, 11) is 0. The number of aliphatic hydroxyl groups excluding tert-OH is 8. The second kappa shape index (κ2) is 69.5. The molecule has 0 bridgehead atoms. The van der Waals surface area contributed by atoms with Gasteiger partial charge in [0.2, 0.25) is 5.91 Å². The van der Waals surface area contributed by atoms with E-state index in [2.05, 4.69) is 31.3 Å². The Kier molecular flexibility index (Phi) is 65.7. The maximum absolute atomic E-state index is 13.4. The summed E-state index contributed by atoms with van der Waals surface area (Å²) in [6.45, 7) is 2.86. The van der Waals surface area contributed by atoms with Gasteiger partial charge in [0.05, 0.1) is 32.0 Å². The highest BCUT2D eigenvalue weighted by atomic mass is 16.7. The molecule has 2 saturated heterocycles. The number of carbonyl (C=O) groups excluding carboxylic acids is 1. The second-order valence-corrected chi connectivity index (χ2v) is 30.7. The van der Waals surface area contributed by atoms with Crippen LogP contribution in [0.4, 0.5) is 0 Å². The molecule has 99 heavy (non-hydrogen) atoms. The van der Waals surface area contributed by atoms with Crippen molar-refractivity contribution in [2.24, 2.45) is 0 Å². The van der Waals surface area contributed by atoms with Crippen LogP contribution in [0, 0.1) is 0 Å². The van der Waals surface area contributed by atoms with E-state index in [9.17, 15) is 45.6 Å². The SMILES string of the molecule is CCCCCCCCCCCCCCCCCCCCCCCCC/C=C/CC/C=C/C(O)C(COC1OC(CO)C(OC2OC(CO)C(O)C(O)C2O)C(O)C1O)NC(=O)CCCCCCCCCCCCCCCCCCCCCCCCCCCCCCCCCCCCCC. The van der Waals surface area contributed by atoms with E-state index in [1.807, 2.05) is 6.08 Å². The Bertz CT molecular complexity index is 1760. The van der Waals surface area contributed by atoms with Crippen molar-refractivity contribution in [2.75, 3.05) is 19.8 Å². The van der Waals surface area contributed by atoms with Crippen LogP contribution < -0.4 is 5.32 Å². The number of nitrogens with one attached hydrogen (secondary N) is 1. The average Bonchev–Trinajstić information content (AvgIpc) is 0.793. The fourth-order valence-corrected chi connectivity index (χ4v) is 14.6. The first kappa shape index (κ1) is 93.6. The molecule has 14 nitrogen and oxygen atoms in total. The number of aliphatic hydroxyl groups is 8. The van der Waals surface area contributed by atoms with E-state index in [1.54, 1.807) is 6.08 Å². The van der Waals surface area contributed by atoms with Gasteiger partial charge in [-0.3, -0.25) is 4.79 Å². The summed E-state index contributed by atoms with van der Waals surface area (Å²) in [6, 6.07) is -0.931. The standard InChI is InChI=1S/C85H163NO13/c1-3-5-7-9-11-13-15-17-19-21-23-25-27-29-31-33-34-35-36-37-38-39-41-43-45-47-49-51-53-55-57-59-61-63-65-67-69-77(90)86-73(72-96-84-82(95)80(93)83(76(71-88)98-84)99-85-81(94)79(92)78(91)75(70-87)97-85)74(89)68-66-64-62-60-58-56-54-52-50-48-46-44-42-40-32-30-28-26-24-22-20-18-16-14-12-10-8-6-4-2/h58,60,66,68,73-76,78-85,87-89,91-95H,3-57,59,61-65,67,69-72H2,1-2H3,(H,86,90)/b60-58+,68-66+. The van der Waals surface area contributed by atoms with Gasteiger partial charge in [0.1, 0.15) is 48.8 Å². The first-order valence-electron chi connectivity index (χ1n) is 43.1. The maximum Gasteiger partial charge on any atom is 0.220 e. The summed E-state index contributed by atoms with van der Waals surface area (Å²) in [5.74, 6) is -0.239. The fourth-order valence-electron chi connectivity index (χ4n) is 14.6. The highest BCUT2D eigenvalue weighted by molar-refractivity contribution is 5.76. The van der Waals surface area contributed by atoms with Crippen molar-refractivity contribution in [1.82, 2.24) is 5.32 Å². The van der Waals surface area contributed by atoms with Gasteiger partial charge in [0, 0.05) is 6.42 Å². The van der Waals surface area contributed by atoms with Crippen molar-refractivity contribution < 1.29 is 64.6 Å². The summed E-state index contributed by atoms with van der Waals surface area (Å²) in [6.07, 6.45) is 74.4. The molecule has 12 unspecified atom stereocenters. The van der Waals surface area contributed by atoms with E-state index in [0.29, 0.717) is 12.8 Å². The predicted molar refractivity (Wildman–Crippen MR) is 411 cm³/mol. The molecule has 0 aromatic heterocycles. The van der Waals surface area contributed by atoms with E-state index in [1.165, 1.54) is 353 Å². The molecule has 1 amide bonds. The third-order valence-electron chi connectivity index (χ3n) is 21.4. The Morgan fingerprint density at radius 3 is 0.990 bits per heavy atom. The molecule has 2 heterocycles. The van der Waals surface area contributed by atoms with Crippen LogP contribution in [0.15, 0.2) is 24.3 Å². The van der Waals surface area contributed by atoms with Crippen molar-refractivity contribution in [3.05, 3.63) is 24.3 Å². The van der Waals surface area contributed by atoms with Gasteiger partial charge < -0.3 is 65.1 Å². The Morgan fingerprint density at radius 2 is 0.646 bits per heavy atom. The zero-order valence-corrected chi connectivity index (χ0v) is 64.5. The van der Waals surface area contributed by atoms with Gasteiger partial charge in [-0.25, -0.2) is 0 Å². The second-order valence-electron chi connectivity index (χ2n) is 30.7. The van der Waals surface area contributed by atoms with Gasteiger partial charge in [-0.2, -0.15) is 0 Å². The lowest BCUT2D eigenvalue weighted by Crippen LogP contribution is -2.65. The number of allylic oxidation sites excluding steroid dienone is 3. The maximum atomic E-state index is 13.4. The smallest absolute Gasteiger partial charge is 0.220 e. The minimum absolute atomic E-state index is 0.239. The Hall–Kier alpha value is -1.53. The first-order chi connectivity index (χ1) is 48.6. The molecule has 0 spiro atoms. The molecule has 2 aliphatic heterocycles. The molecule has 9 N–H and O–H groups in total. The van der Waals surface area contributed by atoms with Crippen LogP contribution in [-0.4, -0.2) is 140 Å². The number of ether oxygens (including phenoxy) is 4. The van der Waals surface area contributed by atoms with Gasteiger partial charge in [-0.15, -0.1) is 0 Å². The third kappa shape index (κ3) is 52.2. The van der Waals surface area contributed by atoms with Crippen LogP contribution in [0.2, 0.25) is 0 Å². The number of hydrogen-bond donors (Lipinski definition) is 9. The number of amides is 1. The Labute approximate surface area is 609 Å². The monoisotopic (exact) mass is 1410 g/mol.